The van der Waals surface area contributed by atoms with Crippen LogP contribution in [0.25, 0.3) is 0 Å². The maximum Gasteiger partial charge on any atom is 0.151 e. The summed E-state index contributed by atoms with van der Waals surface area (Å²) in [4.78, 5) is 0. The van der Waals surface area contributed by atoms with Gasteiger partial charge in [0.15, 0.2) is 9.84 Å². The van der Waals surface area contributed by atoms with Crippen molar-refractivity contribution in [3.8, 4) is 0 Å². The molecule has 0 radical (unpaired) electrons. The first-order chi connectivity index (χ1) is 6.02. The van der Waals surface area contributed by atoms with Crippen molar-refractivity contribution in [2.45, 2.75) is 13.8 Å². The van der Waals surface area contributed by atoms with Gasteiger partial charge in [-0.2, -0.15) is 0 Å². The van der Waals surface area contributed by atoms with Gasteiger partial charge in [0.1, 0.15) is 0 Å². The van der Waals surface area contributed by atoms with Crippen LogP contribution in [0.5, 0.6) is 0 Å². The summed E-state index contributed by atoms with van der Waals surface area (Å²) in [5, 5.41) is 11.7. The van der Waals surface area contributed by atoms with Crippen molar-refractivity contribution < 1.29 is 13.5 Å². The number of sulfone groups is 1. The fourth-order valence-electron chi connectivity index (χ4n) is 0.785. The summed E-state index contributed by atoms with van der Waals surface area (Å²) in [6.07, 6.45) is 0. The molecule has 1 unspecified atom stereocenters. The van der Waals surface area contributed by atoms with Crippen molar-refractivity contribution in [3.63, 3.8) is 0 Å². The molecule has 0 aliphatic carbocycles. The summed E-state index contributed by atoms with van der Waals surface area (Å²) >= 11 is 0. The van der Waals surface area contributed by atoms with Crippen LogP contribution in [-0.4, -0.2) is 44.7 Å². The third-order valence-electron chi connectivity index (χ3n) is 1.83. The van der Waals surface area contributed by atoms with Crippen molar-refractivity contribution >= 4 is 9.84 Å². The fraction of sp³-hybridized carbons (Fsp3) is 1.00. The SMILES string of the molecule is CCS(=O)(=O)CCNCC(C)CO. The van der Waals surface area contributed by atoms with E-state index in [4.69, 9.17) is 5.11 Å². The molecule has 0 bridgehead atoms. The zero-order chi connectivity index (χ0) is 10.3. The van der Waals surface area contributed by atoms with Gasteiger partial charge in [-0.15, -0.1) is 0 Å². The zero-order valence-electron chi connectivity index (χ0n) is 8.28. The van der Waals surface area contributed by atoms with Crippen molar-refractivity contribution in [1.29, 1.82) is 0 Å². The molecule has 0 saturated carbocycles. The number of nitrogens with one attached hydrogen (secondary N) is 1. The van der Waals surface area contributed by atoms with Gasteiger partial charge in [-0.1, -0.05) is 13.8 Å². The molecule has 0 aliphatic heterocycles. The summed E-state index contributed by atoms with van der Waals surface area (Å²) in [7, 11) is -2.85. The Kier molecular flexibility index (Phi) is 6.28. The highest BCUT2D eigenvalue weighted by Crippen LogP contribution is 1.90. The quantitative estimate of drug-likeness (QED) is 0.562. The van der Waals surface area contributed by atoms with Gasteiger partial charge in [-0.3, -0.25) is 0 Å². The summed E-state index contributed by atoms with van der Waals surface area (Å²) in [5.41, 5.74) is 0. The molecule has 2 N–H and O–H groups in total. The molecule has 5 heteroatoms. The van der Waals surface area contributed by atoms with E-state index in [0.717, 1.165) is 0 Å². The Bertz CT molecular complexity index is 213. The molecule has 0 fully saturated rings. The van der Waals surface area contributed by atoms with Crippen LogP contribution in [0.3, 0.4) is 0 Å². The molecule has 0 spiro atoms. The fourth-order valence-corrected chi connectivity index (χ4v) is 1.53. The molecule has 0 amide bonds. The Morgan fingerprint density at radius 2 is 2.08 bits per heavy atom. The molecule has 4 nitrogen and oxygen atoms in total. The maximum absolute atomic E-state index is 11.0. The Hall–Kier alpha value is -0.130. The predicted molar refractivity (Wildman–Crippen MR) is 53.4 cm³/mol. The molecule has 0 heterocycles. The van der Waals surface area contributed by atoms with Gasteiger partial charge in [0.25, 0.3) is 0 Å². The second-order valence-corrected chi connectivity index (χ2v) is 5.70. The number of aliphatic hydroxyl groups is 1. The second-order valence-electron chi connectivity index (χ2n) is 3.23. The number of aliphatic hydroxyl groups excluding tert-OH is 1. The van der Waals surface area contributed by atoms with E-state index in [-0.39, 0.29) is 24.0 Å². The van der Waals surface area contributed by atoms with Gasteiger partial charge in [0, 0.05) is 18.9 Å². The zero-order valence-corrected chi connectivity index (χ0v) is 9.10. The molecule has 0 saturated heterocycles. The van der Waals surface area contributed by atoms with Gasteiger partial charge in [0.2, 0.25) is 0 Å². The average molecular weight is 209 g/mol. The highest BCUT2D eigenvalue weighted by Gasteiger charge is 2.06. The normalized spacial score (nSPS) is 14.4. The van der Waals surface area contributed by atoms with Gasteiger partial charge >= 0.3 is 0 Å². The Labute approximate surface area is 80.3 Å². The summed E-state index contributed by atoms with van der Waals surface area (Å²) in [6, 6.07) is 0. The minimum atomic E-state index is -2.85. The minimum Gasteiger partial charge on any atom is -0.396 e. The Balaban J connectivity index is 3.47. The molecule has 0 aromatic carbocycles. The summed E-state index contributed by atoms with van der Waals surface area (Å²) < 4.78 is 22.0. The molecule has 0 aromatic heterocycles. The average Bonchev–Trinajstić information content (AvgIpc) is 2.12. The van der Waals surface area contributed by atoms with Gasteiger partial charge in [0.05, 0.1) is 5.75 Å². The smallest absolute Gasteiger partial charge is 0.151 e. The highest BCUT2D eigenvalue weighted by molar-refractivity contribution is 7.91. The molecule has 0 rings (SSSR count). The van der Waals surface area contributed by atoms with Crippen molar-refractivity contribution in [2.75, 3.05) is 31.2 Å². The van der Waals surface area contributed by atoms with Crippen LogP contribution < -0.4 is 5.32 Å². The third kappa shape index (κ3) is 6.98. The van der Waals surface area contributed by atoms with Crippen molar-refractivity contribution in [2.24, 2.45) is 5.92 Å². The number of rotatable bonds is 7. The molecule has 80 valence electrons. The topological polar surface area (TPSA) is 66.4 Å². The lowest BCUT2D eigenvalue weighted by atomic mass is 10.2. The first-order valence-corrected chi connectivity index (χ1v) is 6.36. The lowest BCUT2D eigenvalue weighted by Gasteiger charge is -2.08. The van der Waals surface area contributed by atoms with Gasteiger partial charge in [-0.05, 0) is 12.5 Å². The summed E-state index contributed by atoms with van der Waals surface area (Å²) in [5.74, 6) is 0.565. The van der Waals surface area contributed by atoms with E-state index in [0.29, 0.717) is 13.1 Å². The molecular weight excluding hydrogens is 190 g/mol. The first kappa shape index (κ1) is 12.9. The Morgan fingerprint density at radius 3 is 2.54 bits per heavy atom. The van der Waals surface area contributed by atoms with E-state index in [1.54, 1.807) is 6.92 Å². The Morgan fingerprint density at radius 1 is 1.46 bits per heavy atom. The van der Waals surface area contributed by atoms with Gasteiger partial charge in [-0.25, -0.2) is 8.42 Å². The van der Waals surface area contributed by atoms with Gasteiger partial charge < -0.3 is 10.4 Å². The predicted octanol–water partition coefficient (Wildman–Crippen LogP) is -0.361. The van der Waals surface area contributed by atoms with E-state index in [1.807, 2.05) is 6.92 Å². The monoisotopic (exact) mass is 209 g/mol. The van der Waals surface area contributed by atoms with Crippen molar-refractivity contribution in [1.82, 2.24) is 5.32 Å². The first-order valence-electron chi connectivity index (χ1n) is 4.53. The van der Waals surface area contributed by atoms with E-state index < -0.39 is 9.84 Å². The number of hydrogen-bond acceptors (Lipinski definition) is 4. The van der Waals surface area contributed by atoms with Crippen LogP contribution in [0, 0.1) is 5.92 Å². The van der Waals surface area contributed by atoms with E-state index in [1.165, 1.54) is 0 Å². The van der Waals surface area contributed by atoms with Crippen LogP contribution in [-0.2, 0) is 9.84 Å². The minimum absolute atomic E-state index is 0.132. The van der Waals surface area contributed by atoms with Crippen molar-refractivity contribution in [3.05, 3.63) is 0 Å². The van der Waals surface area contributed by atoms with Crippen LogP contribution in [0.4, 0.5) is 0 Å². The largest absolute Gasteiger partial charge is 0.396 e. The van der Waals surface area contributed by atoms with Crippen LogP contribution in [0.15, 0.2) is 0 Å². The lowest BCUT2D eigenvalue weighted by molar-refractivity contribution is 0.234. The van der Waals surface area contributed by atoms with Crippen LogP contribution in [0.1, 0.15) is 13.8 Å². The lowest BCUT2D eigenvalue weighted by Crippen LogP contribution is -2.28. The summed E-state index contributed by atoms with van der Waals surface area (Å²) in [6.45, 7) is 4.82. The molecule has 0 aliphatic rings. The van der Waals surface area contributed by atoms with Crippen LogP contribution >= 0.6 is 0 Å². The second kappa shape index (κ2) is 6.34. The third-order valence-corrected chi connectivity index (χ3v) is 3.54. The molecule has 13 heavy (non-hydrogen) atoms. The molecular formula is C8H19NO3S. The highest BCUT2D eigenvalue weighted by atomic mass is 32.2. The molecule has 1 atom stereocenters. The number of hydrogen-bond donors (Lipinski definition) is 2. The van der Waals surface area contributed by atoms with E-state index in [9.17, 15) is 8.42 Å². The maximum atomic E-state index is 11.0. The molecule has 0 aromatic rings. The standard InChI is InChI=1S/C8H19NO3S/c1-3-13(11,12)5-4-9-6-8(2)7-10/h8-10H,3-7H2,1-2H3. The van der Waals surface area contributed by atoms with E-state index >= 15 is 0 Å². The van der Waals surface area contributed by atoms with Crippen LogP contribution in [0.2, 0.25) is 0 Å². The van der Waals surface area contributed by atoms with E-state index in [2.05, 4.69) is 5.32 Å².